The fourth-order valence-corrected chi connectivity index (χ4v) is 2.84. The van der Waals surface area contributed by atoms with Crippen molar-refractivity contribution in [3.63, 3.8) is 0 Å². The molecule has 1 heterocycles. The Labute approximate surface area is 130 Å². The zero-order chi connectivity index (χ0) is 15.2. The summed E-state index contributed by atoms with van der Waals surface area (Å²) in [6.45, 7) is 7.79. The Kier molecular flexibility index (Phi) is 5.33. The number of aryl methyl sites for hydroxylation is 3. The number of nitrogens with zero attached hydrogens (tertiary/aromatic N) is 2. The van der Waals surface area contributed by atoms with Crippen LogP contribution in [-0.2, 0) is 13.1 Å². The van der Waals surface area contributed by atoms with E-state index in [2.05, 4.69) is 52.7 Å². The average molecular weight is 302 g/mol. The van der Waals surface area contributed by atoms with Crippen molar-refractivity contribution in [3.05, 3.63) is 51.0 Å². The maximum Gasteiger partial charge on any atom is 0.191 e. The van der Waals surface area contributed by atoms with Gasteiger partial charge in [-0.25, -0.2) is 4.98 Å². The second-order valence-electron chi connectivity index (χ2n) is 5.05. The molecule has 112 valence electrons. The summed E-state index contributed by atoms with van der Waals surface area (Å²) in [7, 11) is 1.79. The number of guanidine groups is 1. The maximum absolute atomic E-state index is 4.25. The van der Waals surface area contributed by atoms with Gasteiger partial charge < -0.3 is 10.6 Å². The van der Waals surface area contributed by atoms with Crippen molar-refractivity contribution in [2.75, 3.05) is 7.05 Å². The number of thiazole rings is 1. The van der Waals surface area contributed by atoms with Gasteiger partial charge in [-0.3, -0.25) is 4.99 Å². The molecule has 0 aliphatic carbocycles. The first-order valence-electron chi connectivity index (χ1n) is 7.00. The molecule has 0 saturated carbocycles. The quantitative estimate of drug-likeness (QED) is 0.674. The Bertz CT molecular complexity index is 631. The number of benzene rings is 1. The third-order valence-corrected chi connectivity index (χ3v) is 4.18. The van der Waals surface area contributed by atoms with Crippen LogP contribution in [0.4, 0.5) is 0 Å². The van der Waals surface area contributed by atoms with Gasteiger partial charge in [0.15, 0.2) is 5.96 Å². The summed E-state index contributed by atoms with van der Waals surface area (Å²) in [5.41, 5.74) is 3.88. The van der Waals surface area contributed by atoms with Crippen LogP contribution in [0.5, 0.6) is 0 Å². The van der Waals surface area contributed by atoms with Crippen LogP contribution in [0, 0.1) is 20.8 Å². The second-order valence-corrected chi connectivity index (χ2v) is 6.37. The van der Waals surface area contributed by atoms with Crippen molar-refractivity contribution in [3.8, 4) is 0 Å². The van der Waals surface area contributed by atoms with Gasteiger partial charge in [-0.05, 0) is 31.9 Å². The van der Waals surface area contributed by atoms with Crippen molar-refractivity contribution in [1.82, 2.24) is 15.6 Å². The highest BCUT2D eigenvalue weighted by Gasteiger charge is 2.03. The predicted molar refractivity (Wildman–Crippen MR) is 89.8 cm³/mol. The average Bonchev–Trinajstić information content (AvgIpc) is 2.86. The molecule has 0 aliphatic rings. The lowest BCUT2D eigenvalue weighted by Crippen LogP contribution is -2.36. The second kappa shape index (κ2) is 7.22. The Morgan fingerprint density at radius 1 is 1.19 bits per heavy atom. The standard InChI is InChI=1S/C16H22N4S/c1-11-5-6-14(12(2)7-11)8-19-16(17-4)20-10-15-9-18-13(3)21-15/h5-7,9H,8,10H2,1-4H3,(H2,17,19,20). The number of hydrogen-bond donors (Lipinski definition) is 2. The molecule has 0 saturated heterocycles. The fourth-order valence-electron chi connectivity index (χ4n) is 2.10. The normalized spacial score (nSPS) is 11.5. The summed E-state index contributed by atoms with van der Waals surface area (Å²) in [6.07, 6.45) is 1.91. The minimum absolute atomic E-state index is 0.748. The van der Waals surface area contributed by atoms with Gasteiger partial charge in [0.1, 0.15) is 0 Å². The molecule has 4 nitrogen and oxygen atoms in total. The van der Waals surface area contributed by atoms with Crippen LogP contribution in [0.2, 0.25) is 0 Å². The molecule has 0 radical (unpaired) electrons. The molecular formula is C16H22N4S. The summed E-state index contributed by atoms with van der Waals surface area (Å²) in [5, 5.41) is 7.74. The molecule has 0 aliphatic heterocycles. The zero-order valence-corrected chi connectivity index (χ0v) is 13.8. The highest BCUT2D eigenvalue weighted by atomic mass is 32.1. The SMILES string of the molecule is CN=C(NCc1cnc(C)s1)NCc1ccc(C)cc1C. The topological polar surface area (TPSA) is 49.3 Å². The van der Waals surface area contributed by atoms with Crippen molar-refractivity contribution in [1.29, 1.82) is 0 Å². The van der Waals surface area contributed by atoms with E-state index in [9.17, 15) is 0 Å². The lowest BCUT2D eigenvalue weighted by atomic mass is 10.1. The molecule has 0 bridgehead atoms. The third kappa shape index (κ3) is 4.56. The van der Waals surface area contributed by atoms with Gasteiger partial charge >= 0.3 is 0 Å². The van der Waals surface area contributed by atoms with E-state index in [4.69, 9.17) is 0 Å². The van der Waals surface area contributed by atoms with Crippen molar-refractivity contribution in [2.24, 2.45) is 4.99 Å². The van der Waals surface area contributed by atoms with Crippen LogP contribution in [0.15, 0.2) is 29.4 Å². The first-order chi connectivity index (χ1) is 10.1. The largest absolute Gasteiger partial charge is 0.352 e. The number of hydrogen-bond acceptors (Lipinski definition) is 3. The molecule has 0 fully saturated rings. The van der Waals surface area contributed by atoms with Crippen molar-refractivity contribution >= 4 is 17.3 Å². The van der Waals surface area contributed by atoms with E-state index >= 15 is 0 Å². The molecule has 5 heteroatoms. The van der Waals surface area contributed by atoms with Crippen molar-refractivity contribution < 1.29 is 0 Å². The van der Waals surface area contributed by atoms with E-state index in [1.807, 2.05) is 13.1 Å². The Hall–Kier alpha value is -1.88. The maximum atomic E-state index is 4.25. The first-order valence-corrected chi connectivity index (χ1v) is 7.82. The van der Waals surface area contributed by atoms with Gasteiger partial charge in [-0.1, -0.05) is 23.8 Å². The van der Waals surface area contributed by atoms with Crippen molar-refractivity contribution in [2.45, 2.75) is 33.9 Å². The Morgan fingerprint density at radius 2 is 1.95 bits per heavy atom. The summed E-state index contributed by atoms with van der Waals surface area (Å²) >= 11 is 1.70. The van der Waals surface area contributed by atoms with Gasteiger partial charge in [0.05, 0.1) is 11.6 Å². The minimum atomic E-state index is 0.748. The molecule has 0 atom stereocenters. The van der Waals surface area contributed by atoms with E-state index in [1.165, 1.54) is 21.6 Å². The van der Waals surface area contributed by atoms with Gasteiger partial charge in [0, 0.05) is 24.7 Å². The number of rotatable bonds is 4. The van der Waals surface area contributed by atoms with Crippen LogP contribution in [0.1, 0.15) is 26.6 Å². The summed E-state index contributed by atoms with van der Waals surface area (Å²) in [6, 6.07) is 6.51. The van der Waals surface area contributed by atoms with E-state index in [0.29, 0.717) is 0 Å². The Balaban J connectivity index is 1.88. The van der Waals surface area contributed by atoms with E-state index in [0.717, 1.165) is 24.1 Å². The summed E-state index contributed by atoms with van der Waals surface area (Å²) in [4.78, 5) is 9.71. The van der Waals surface area contributed by atoms with E-state index in [1.54, 1.807) is 18.4 Å². The van der Waals surface area contributed by atoms with Crippen LogP contribution < -0.4 is 10.6 Å². The van der Waals surface area contributed by atoms with Gasteiger partial charge in [0.2, 0.25) is 0 Å². The Morgan fingerprint density at radius 3 is 2.57 bits per heavy atom. The number of nitrogens with one attached hydrogen (secondary N) is 2. The molecule has 1 aromatic carbocycles. The van der Waals surface area contributed by atoms with E-state index < -0.39 is 0 Å². The van der Waals surface area contributed by atoms with E-state index in [-0.39, 0.29) is 0 Å². The highest BCUT2D eigenvalue weighted by Crippen LogP contribution is 2.11. The zero-order valence-electron chi connectivity index (χ0n) is 13.0. The number of aliphatic imine (C=N–C) groups is 1. The van der Waals surface area contributed by atoms with Gasteiger partial charge in [0.25, 0.3) is 0 Å². The predicted octanol–water partition coefficient (Wildman–Crippen LogP) is 2.93. The monoisotopic (exact) mass is 302 g/mol. The minimum Gasteiger partial charge on any atom is -0.352 e. The molecule has 2 rings (SSSR count). The third-order valence-electron chi connectivity index (χ3n) is 3.27. The van der Waals surface area contributed by atoms with Crippen LogP contribution in [-0.4, -0.2) is 18.0 Å². The molecule has 0 spiro atoms. The smallest absolute Gasteiger partial charge is 0.191 e. The van der Waals surface area contributed by atoms with Gasteiger partial charge in [-0.15, -0.1) is 11.3 Å². The highest BCUT2D eigenvalue weighted by molar-refractivity contribution is 7.11. The molecule has 21 heavy (non-hydrogen) atoms. The summed E-state index contributed by atoms with van der Waals surface area (Å²) in [5.74, 6) is 0.807. The molecule has 2 N–H and O–H groups in total. The first kappa shape index (κ1) is 15.5. The number of aromatic nitrogens is 1. The molecule has 2 aromatic rings. The summed E-state index contributed by atoms with van der Waals surface area (Å²) < 4.78 is 0. The molecular weight excluding hydrogens is 280 g/mol. The molecule has 0 unspecified atom stereocenters. The lowest BCUT2D eigenvalue weighted by Gasteiger charge is -2.13. The van der Waals surface area contributed by atoms with Gasteiger partial charge in [-0.2, -0.15) is 0 Å². The molecule has 0 amide bonds. The molecule has 1 aromatic heterocycles. The lowest BCUT2D eigenvalue weighted by molar-refractivity contribution is 0.811. The van der Waals surface area contributed by atoms with Crippen LogP contribution >= 0.6 is 11.3 Å². The van der Waals surface area contributed by atoms with Crippen LogP contribution in [0.3, 0.4) is 0 Å². The fraction of sp³-hybridized carbons (Fsp3) is 0.375. The van der Waals surface area contributed by atoms with Crippen LogP contribution in [0.25, 0.3) is 0 Å².